The molecule has 2 N–H and O–H groups in total. The van der Waals surface area contributed by atoms with Gasteiger partial charge in [-0.15, -0.1) is 0 Å². The van der Waals surface area contributed by atoms with Crippen molar-refractivity contribution in [3.05, 3.63) is 0 Å². The minimum absolute atomic E-state index is 0.223. The average Bonchev–Trinajstić information content (AvgIpc) is 2.47. The van der Waals surface area contributed by atoms with Crippen molar-refractivity contribution in [1.82, 2.24) is 10.6 Å². The maximum Gasteiger partial charge on any atom is 0.225 e. The smallest absolute Gasteiger partial charge is 0.225 e. The largest absolute Gasteiger partial charge is 0.352 e. The van der Waals surface area contributed by atoms with Gasteiger partial charge in [-0.25, -0.2) is 0 Å². The zero-order valence-electron chi connectivity index (χ0n) is 11.2. The molecule has 0 aromatic carbocycles. The number of fused-ring (bicyclic) bond motifs is 2. The quantitative estimate of drug-likeness (QED) is 0.763. The summed E-state index contributed by atoms with van der Waals surface area (Å²) in [5, 5.41) is 6.50. The minimum Gasteiger partial charge on any atom is -0.352 e. The number of hydrogen-bond donors (Lipinski definition) is 2. The Kier molecular flexibility index (Phi) is 2.35. The summed E-state index contributed by atoms with van der Waals surface area (Å²) in [6.45, 7) is 8.89. The maximum absolute atomic E-state index is 12.1. The Labute approximate surface area is 104 Å². The number of nitrogens with one attached hydrogen (secondary N) is 2. The molecule has 0 radical (unpaired) electrons. The lowest BCUT2D eigenvalue weighted by Crippen LogP contribution is -2.55. The van der Waals surface area contributed by atoms with Crippen LogP contribution in [0.25, 0.3) is 0 Å². The van der Waals surface area contributed by atoms with E-state index in [0.29, 0.717) is 16.9 Å². The van der Waals surface area contributed by atoms with Crippen molar-refractivity contribution in [2.45, 2.75) is 46.1 Å². The molecule has 3 unspecified atom stereocenters. The van der Waals surface area contributed by atoms with Crippen LogP contribution in [0, 0.1) is 22.7 Å². The van der Waals surface area contributed by atoms with Crippen LogP contribution in [0.5, 0.6) is 0 Å². The summed E-state index contributed by atoms with van der Waals surface area (Å²) < 4.78 is 0. The molecule has 0 spiro atoms. The number of amides is 1. The molecular formula is C14H24N2O. The fourth-order valence-electron chi connectivity index (χ4n) is 4.19. The predicted molar refractivity (Wildman–Crippen MR) is 67.5 cm³/mol. The standard InChI is InChI=1S/C14H24N2O/c1-13(2)10-4-5-14(13,3)11(6-10)16-12(17)9-7-15-8-9/h9-11,15H,4-8H2,1-3H3,(H,16,17). The first kappa shape index (κ1) is 11.5. The Morgan fingerprint density at radius 2 is 2.00 bits per heavy atom. The highest BCUT2D eigenvalue weighted by molar-refractivity contribution is 5.80. The van der Waals surface area contributed by atoms with Crippen LogP contribution in [-0.2, 0) is 4.79 Å². The van der Waals surface area contributed by atoms with Gasteiger partial charge in [0.05, 0.1) is 5.92 Å². The molecule has 2 saturated carbocycles. The molecule has 1 saturated heterocycles. The van der Waals surface area contributed by atoms with E-state index in [1.54, 1.807) is 0 Å². The molecule has 1 heterocycles. The van der Waals surface area contributed by atoms with E-state index in [1.807, 2.05) is 0 Å². The van der Waals surface area contributed by atoms with Gasteiger partial charge in [-0.2, -0.15) is 0 Å². The second-order valence-corrected chi connectivity index (χ2v) is 7.03. The van der Waals surface area contributed by atoms with Crippen LogP contribution in [0.2, 0.25) is 0 Å². The van der Waals surface area contributed by atoms with Gasteiger partial charge < -0.3 is 10.6 Å². The van der Waals surface area contributed by atoms with Gasteiger partial charge >= 0.3 is 0 Å². The molecule has 1 aliphatic heterocycles. The van der Waals surface area contributed by atoms with Crippen LogP contribution in [0.15, 0.2) is 0 Å². The predicted octanol–water partition coefficient (Wildman–Crippen LogP) is 1.54. The zero-order valence-corrected chi connectivity index (χ0v) is 11.2. The number of hydrogen-bond acceptors (Lipinski definition) is 2. The van der Waals surface area contributed by atoms with Gasteiger partial charge in [0.2, 0.25) is 5.91 Å². The topological polar surface area (TPSA) is 41.1 Å². The summed E-state index contributed by atoms with van der Waals surface area (Å²) in [7, 11) is 0. The second kappa shape index (κ2) is 3.47. The van der Waals surface area contributed by atoms with E-state index in [9.17, 15) is 4.79 Å². The van der Waals surface area contributed by atoms with Crippen molar-refractivity contribution in [1.29, 1.82) is 0 Å². The van der Waals surface area contributed by atoms with Crippen LogP contribution in [-0.4, -0.2) is 25.0 Å². The summed E-state index contributed by atoms with van der Waals surface area (Å²) in [5.74, 6) is 1.30. The molecule has 3 rings (SSSR count). The van der Waals surface area contributed by atoms with E-state index in [1.165, 1.54) is 19.3 Å². The molecule has 3 fully saturated rings. The molecular weight excluding hydrogens is 212 g/mol. The van der Waals surface area contributed by atoms with E-state index < -0.39 is 0 Å². The van der Waals surface area contributed by atoms with Gasteiger partial charge in [0, 0.05) is 19.1 Å². The maximum atomic E-state index is 12.1. The van der Waals surface area contributed by atoms with E-state index in [2.05, 4.69) is 31.4 Å². The average molecular weight is 236 g/mol. The van der Waals surface area contributed by atoms with Crippen LogP contribution >= 0.6 is 0 Å². The highest BCUT2D eigenvalue weighted by atomic mass is 16.2. The minimum atomic E-state index is 0.223. The molecule has 3 nitrogen and oxygen atoms in total. The summed E-state index contributed by atoms with van der Waals surface area (Å²) in [6.07, 6.45) is 3.81. The van der Waals surface area contributed by atoms with Crippen LogP contribution in [0.1, 0.15) is 40.0 Å². The van der Waals surface area contributed by atoms with Gasteiger partial charge in [0.15, 0.2) is 0 Å². The van der Waals surface area contributed by atoms with Gasteiger partial charge in [-0.3, -0.25) is 4.79 Å². The number of rotatable bonds is 2. The van der Waals surface area contributed by atoms with Crippen molar-refractivity contribution in [3.63, 3.8) is 0 Å². The molecule has 3 atom stereocenters. The summed E-state index contributed by atoms with van der Waals surface area (Å²) in [4.78, 5) is 12.1. The third kappa shape index (κ3) is 1.41. The van der Waals surface area contributed by atoms with E-state index in [4.69, 9.17) is 0 Å². The van der Waals surface area contributed by atoms with Crippen molar-refractivity contribution >= 4 is 5.91 Å². The molecule has 3 aliphatic rings. The number of carbonyl (C=O) groups excluding carboxylic acids is 1. The lowest BCUT2D eigenvalue weighted by Gasteiger charge is -2.40. The zero-order chi connectivity index (χ0) is 12.3. The Bertz CT molecular complexity index is 348. The Balaban J connectivity index is 1.71. The first-order valence-electron chi connectivity index (χ1n) is 6.96. The lowest BCUT2D eigenvalue weighted by molar-refractivity contribution is -0.128. The van der Waals surface area contributed by atoms with E-state index in [-0.39, 0.29) is 11.8 Å². The molecule has 3 heteroatoms. The van der Waals surface area contributed by atoms with E-state index in [0.717, 1.165) is 19.0 Å². The van der Waals surface area contributed by atoms with E-state index >= 15 is 0 Å². The number of carbonyl (C=O) groups is 1. The highest BCUT2D eigenvalue weighted by Gasteiger charge is 2.61. The summed E-state index contributed by atoms with van der Waals surface area (Å²) in [5.41, 5.74) is 0.702. The Hall–Kier alpha value is -0.570. The molecule has 0 aromatic rings. The van der Waals surface area contributed by atoms with Crippen molar-refractivity contribution in [3.8, 4) is 0 Å². The Morgan fingerprint density at radius 1 is 1.29 bits per heavy atom. The molecule has 0 aromatic heterocycles. The molecule has 96 valence electrons. The molecule has 2 bridgehead atoms. The SMILES string of the molecule is CC1(C)C2CCC1(C)C(NC(=O)C1CNC1)C2. The van der Waals surface area contributed by atoms with Crippen molar-refractivity contribution in [2.75, 3.05) is 13.1 Å². The monoisotopic (exact) mass is 236 g/mol. The van der Waals surface area contributed by atoms with Crippen LogP contribution in [0.3, 0.4) is 0 Å². The normalized spacial score (nSPS) is 43.5. The summed E-state index contributed by atoms with van der Waals surface area (Å²) >= 11 is 0. The molecule has 1 amide bonds. The third-order valence-electron chi connectivity index (χ3n) is 6.26. The van der Waals surface area contributed by atoms with Gasteiger partial charge in [0.1, 0.15) is 0 Å². The summed E-state index contributed by atoms with van der Waals surface area (Å²) in [6, 6.07) is 0.407. The molecule has 2 aliphatic carbocycles. The van der Waals surface area contributed by atoms with Gasteiger partial charge in [-0.05, 0) is 36.0 Å². The lowest BCUT2D eigenvalue weighted by atomic mass is 9.69. The van der Waals surface area contributed by atoms with Crippen molar-refractivity contribution in [2.24, 2.45) is 22.7 Å². The van der Waals surface area contributed by atoms with Crippen molar-refractivity contribution < 1.29 is 4.79 Å². The Morgan fingerprint density at radius 3 is 2.41 bits per heavy atom. The first-order valence-corrected chi connectivity index (χ1v) is 6.96. The van der Waals surface area contributed by atoms with Gasteiger partial charge in [-0.1, -0.05) is 20.8 Å². The molecule has 17 heavy (non-hydrogen) atoms. The fraction of sp³-hybridized carbons (Fsp3) is 0.929. The van der Waals surface area contributed by atoms with Crippen LogP contribution < -0.4 is 10.6 Å². The fourth-order valence-corrected chi connectivity index (χ4v) is 4.19. The van der Waals surface area contributed by atoms with Gasteiger partial charge in [0.25, 0.3) is 0 Å². The third-order valence-corrected chi connectivity index (χ3v) is 6.26. The second-order valence-electron chi connectivity index (χ2n) is 7.03. The van der Waals surface area contributed by atoms with Crippen LogP contribution in [0.4, 0.5) is 0 Å². The first-order chi connectivity index (χ1) is 7.95. The highest BCUT2D eigenvalue weighted by Crippen LogP contribution is 2.65.